The van der Waals surface area contributed by atoms with Gasteiger partial charge in [-0.15, -0.1) is 0 Å². The number of nitrogens with two attached hydrogens (primary N) is 1. The minimum atomic E-state index is -0.0965. The van der Waals surface area contributed by atoms with Crippen molar-refractivity contribution >= 4 is 34.0 Å². The average molecular weight is 329 g/mol. The molecule has 0 fully saturated rings. The topological polar surface area (TPSA) is 72.9 Å². The van der Waals surface area contributed by atoms with Gasteiger partial charge in [0, 0.05) is 53.1 Å². The molecule has 5 nitrogen and oxygen atoms in total. The Kier molecular flexibility index (Phi) is 3.96. The summed E-state index contributed by atoms with van der Waals surface area (Å²) in [4.78, 5) is 17.2. The molecule has 2 aromatic heterocycles. The Bertz CT molecular complexity index is 949. The van der Waals surface area contributed by atoms with Gasteiger partial charge in [-0.1, -0.05) is 11.6 Å². The molecule has 0 saturated carbocycles. The number of hydrogen-bond acceptors (Lipinski definition) is 4. The van der Waals surface area contributed by atoms with E-state index in [4.69, 9.17) is 17.3 Å². The van der Waals surface area contributed by atoms with Crippen molar-refractivity contribution in [3.63, 3.8) is 0 Å². The van der Waals surface area contributed by atoms with E-state index in [-0.39, 0.29) is 5.56 Å². The highest BCUT2D eigenvalue weighted by molar-refractivity contribution is 6.33. The third-order valence-corrected chi connectivity index (χ3v) is 4.16. The molecule has 6 heteroatoms. The molecule has 3 rings (SSSR count). The van der Waals surface area contributed by atoms with Crippen molar-refractivity contribution in [2.75, 3.05) is 18.1 Å². The molecule has 2 heterocycles. The number of pyridine rings is 2. The van der Waals surface area contributed by atoms with Gasteiger partial charge in [-0.3, -0.25) is 4.79 Å². The zero-order valence-corrected chi connectivity index (χ0v) is 13.7. The van der Waals surface area contributed by atoms with E-state index in [1.54, 1.807) is 36.0 Å². The summed E-state index contributed by atoms with van der Waals surface area (Å²) >= 11 is 6.27. The highest BCUT2D eigenvalue weighted by Crippen LogP contribution is 2.29. The Morgan fingerprint density at radius 3 is 2.74 bits per heavy atom. The normalized spacial score (nSPS) is 10.9. The minimum absolute atomic E-state index is 0.0965. The molecular formula is C17H17ClN4O. The summed E-state index contributed by atoms with van der Waals surface area (Å²) < 4.78 is 1.71. The molecule has 23 heavy (non-hydrogen) atoms. The van der Waals surface area contributed by atoms with Gasteiger partial charge in [0.05, 0.1) is 5.52 Å². The monoisotopic (exact) mass is 328 g/mol. The lowest BCUT2D eigenvalue weighted by Gasteiger charge is -2.13. The van der Waals surface area contributed by atoms with E-state index in [1.165, 1.54) is 0 Å². The molecule has 3 aromatic rings. The molecule has 3 N–H and O–H groups in total. The number of nitrogen functional groups attached to an aromatic ring is 1. The van der Waals surface area contributed by atoms with Gasteiger partial charge in [0.25, 0.3) is 5.56 Å². The van der Waals surface area contributed by atoms with Gasteiger partial charge in [0.2, 0.25) is 0 Å². The van der Waals surface area contributed by atoms with Gasteiger partial charge in [-0.05, 0) is 31.2 Å². The van der Waals surface area contributed by atoms with Gasteiger partial charge in [-0.25, -0.2) is 4.98 Å². The molecule has 0 atom stereocenters. The summed E-state index contributed by atoms with van der Waals surface area (Å²) in [6.45, 7) is 2.49. The number of hydrogen-bond donors (Lipinski definition) is 2. The van der Waals surface area contributed by atoms with Crippen LogP contribution in [-0.2, 0) is 6.54 Å². The van der Waals surface area contributed by atoms with Crippen molar-refractivity contribution in [3.05, 3.63) is 51.9 Å². The second kappa shape index (κ2) is 5.93. The maximum atomic E-state index is 12.9. The van der Waals surface area contributed by atoms with Gasteiger partial charge < -0.3 is 15.6 Å². The van der Waals surface area contributed by atoms with Crippen LogP contribution in [0.2, 0.25) is 5.02 Å². The van der Waals surface area contributed by atoms with Crippen LogP contribution in [-0.4, -0.2) is 16.6 Å². The first-order chi connectivity index (χ1) is 11.0. The maximum absolute atomic E-state index is 12.9. The molecule has 0 aliphatic heterocycles. The van der Waals surface area contributed by atoms with Crippen LogP contribution in [0.15, 0.2) is 41.3 Å². The fourth-order valence-corrected chi connectivity index (χ4v) is 2.88. The second-order valence-electron chi connectivity index (χ2n) is 5.23. The van der Waals surface area contributed by atoms with E-state index in [1.807, 2.05) is 19.1 Å². The fraction of sp³-hybridized carbons (Fsp3) is 0.176. The molecular weight excluding hydrogens is 312 g/mol. The summed E-state index contributed by atoms with van der Waals surface area (Å²) in [6, 6.07) is 8.82. The van der Waals surface area contributed by atoms with Gasteiger partial charge in [-0.2, -0.15) is 0 Å². The largest absolute Gasteiger partial charge is 0.399 e. The molecule has 0 aliphatic rings. The van der Waals surface area contributed by atoms with Crippen LogP contribution < -0.4 is 16.6 Å². The number of fused-ring (bicyclic) bond motifs is 1. The molecule has 0 radical (unpaired) electrons. The Labute approximate surface area is 138 Å². The lowest BCUT2D eigenvalue weighted by molar-refractivity contribution is 0.761. The highest BCUT2D eigenvalue weighted by atomic mass is 35.5. The SMILES string of the molecule is CCn1c(=O)c(-c2cc(N)ccc2Cl)cc2cnc(NC)cc21. The summed E-state index contributed by atoms with van der Waals surface area (Å²) in [7, 11) is 1.80. The Morgan fingerprint density at radius 2 is 2.04 bits per heavy atom. The third-order valence-electron chi connectivity index (χ3n) is 3.83. The number of rotatable bonds is 3. The van der Waals surface area contributed by atoms with Gasteiger partial charge in [0.15, 0.2) is 0 Å². The van der Waals surface area contributed by atoms with Crippen molar-refractivity contribution in [1.82, 2.24) is 9.55 Å². The summed E-state index contributed by atoms with van der Waals surface area (Å²) in [5.41, 5.74) is 8.31. The van der Waals surface area contributed by atoms with Crippen molar-refractivity contribution in [2.24, 2.45) is 0 Å². The predicted molar refractivity (Wildman–Crippen MR) is 96.1 cm³/mol. The molecule has 0 aliphatic carbocycles. The molecule has 0 amide bonds. The standard InChI is InChI=1S/C17H17ClN4O/c1-3-22-15-8-16(20-2)21-9-10(15)6-13(17(22)23)12-7-11(19)4-5-14(12)18/h4-9H,3,19H2,1-2H3,(H,20,21). The average Bonchev–Trinajstić information content (AvgIpc) is 2.56. The van der Waals surface area contributed by atoms with E-state index in [2.05, 4.69) is 10.3 Å². The number of anilines is 2. The van der Waals surface area contributed by atoms with Gasteiger partial charge >= 0.3 is 0 Å². The number of aromatic nitrogens is 2. The van der Waals surface area contributed by atoms with Crippen LogP contribution >= 0.6 is 11.6 Å². The Balaban J connectivity index is 2.37. The number of aryl methyl sites for hydroxylation is 1. The van der Waals surface area contributed by atoms with Crippen LogP contribution in [0.25, 0.3) is 22.0 Å². The highest BCUT2D eigenvalue weighted by Gasteiger charge is 2.14. The molecule has 0 unspecified atom stereocenters. The lowest BCUT2D eigenvalue weighted by atomic mass is 10.0. The van der Waals surface area contributed by atoms with Gasteiger partial charge in [0.1, 0.15) is 5.82 Å². The first-order valence-corrected chi connectivity index (χ1v) is 7.69. The van der Waals surface area contributed by atoms with E-state index >= 15 is 0 Å². The lowest BCUT2D eigenvalue weighted by Crippen LogP contribution is -2.21. The minimum Gasteiger partial charge on any atom is -0.399 e. The quantitative estimate of drug-likeness (QED) is 0.723. The summed E-state index contributed by atoms with van der Waals surface area (Å²) in [5.74, 6) is 0.717. The third kappa shape index (κ3) is 2.64. The first-order valence-electron chi connectivity index (χ1n) is 7.32. The number of benzene rings is 1. The fourth-order valence-electron chi connectivity index (χ4n) is 2.67. The zero-order chi connectivity index (χ0) is 16.6. The number of nitrogens with one attached hydrogen (secondary N) is 1. The van der Waals surface area contributed by atoms with E-state index in [9.17, 15) is 4.79 Å². The zero-order valence-electron chi connectivity index (χ0n) is 12.9. The predicted octanol–water partition coefficient (Wildman–Crippen LogP) is 3.36. The van der Waals surface area contributed by atoms with Crippen LogP contribution in [0, 0.1) is 0 Å². The number of halogens is 1. The van der Waals surface area contributed by atoms with Crippen molar-refractivity contribution in [1.29, 1.82) is 0 Å². The summed E-state index contributed by atoms with van der Waals surface area (Å²) in [5, 5.41) is 4.36. The van der Waals surface area contributed by atoms with Crippen molar-refractivity contribution < 1.29 is 0 Å². The van der Waals surface area contributed by atoms with Crippen molar-refractivity contribution in [2.45, 2.75) is 13.5 Å². The smallest absolute Gasteiger partial charge is 0.258 e. The second-order valence-corrected chi connectivity index (χ2v) is 5.63. The molecule has 0 saturated heterocycles. The number of nitrogens with zero attached hydrogens (tertiary/aromatic N) is 2. The van der Waals surface area contributed by atoms with Crippen LogP contribution in [0.5, 0.6) is 0 Å². The van der Waals surface area contributed by atoms with E-state index in [0.29, 0.717) is 34.2 Å². The summed E-state index contributed by atoms with van der Waals surface area (Å²) in [6.07, 6.45) is 1.75. The Hall–Kier alpha value is -2.53. The molecule has 118 valence electrons. The first kappa shape index (κ1) is 15.4. The van der Waals surface area contributed by atoms with Crippen LogP contribution in [0.3, 0.4) is 0 Å². The van der Waals surface area contributed by atoms with E-state index in [0.717, 1.165) is 10.9 Å². The molecule has 0 spiro atoms. The molecule has 0 bridgehead atoms. The maximum Gasteiger partial charge on any atom is 0.258 e. The molecule has 1 aromatic carbocycles. The van der Waals surface area contributed by atoms with Crippen molar-refractivity contribution in [3.8, 4) is 11.1 Å². The van der Waals surface area contributed by atoms with Crippen LogP contribution in [0.1, 0.15) is 6.92 Å². The van der Waals surface area contributed by atoms with E-state index < -0.39 is 0 Å². The Morgan fingerprint density at radius 1 is 1.26 bits per heavy atom. The van der Waals surface area contributed by atoms with Crippen LogP contribution in [0.4, 0.5) is 11.5 Å².